The minimum absolute atomic E-state index is 0.584. The molecule has 0 radical (unpaired) electrons. The molecule has 0 aliphatic rings. The van der Waals surface area contributed by atoms with Crippen LogP contribution in [0.2, 0.25) is 0 Å². The number of hydrogen-bond donors (Lipinski definition) is 2. The van der Waals surface area contributed by atoms with E-state index >= 15 is 0 Å². The third kappa shape index (κ3) is 2.04. The van der Waals surface area contributed by atoms with Crippen LogP contribution in [0.25, 0.3) is 10.9 Å². The zero-order valence-electron chi connectivity index (χ0n) is 11.1. The van der Waals surface area contributed by atoms with Gasteiger partial charge >= 0.3 is 0 Å². The fraction of sp³-hybridized carbons (Fsp3) is 0.176. The lowest BCUT2D eigenvalue weighted by atomic mass is 9.94. The first-order valence-electron chi connectivity index (χ1n) is 6.48. The smallest absolute Gasteiger partial charge is 0.105 e. The van der Waals surface area contributed by atoms with Crippen molar-refractivity contribution in [1.29, 1.82) is 0 Å². The number of aliphatic hydroxyl groups excluding tert-OH is 1. The van der Waals surface area contributed by atoms with Crippen LogP contribution in [-0.2, 0) is 0 Å². The van der Waals surface area contributed by atoms with Crippen LogP contribution in [0.3, 0.4) is 0 Å². The number of fused-ring (bicyclic) bond motifs is 1. The number of rotatable bonds is 2. The lowest BCUT2D eigenvalue weighted by Crippen LogP contribution is -2.03. The molecule has 19 heavy (non-hydrogen) atoms. The van der Waals surface area contributed by atoms with E-state index in [4.69, 9.17) is 0 Å². The quantitative estimate of drug-likeness (QED) is 0.712. The Morgan fingerprint density at radius 2 is 1.84 bits per heavy atom. The van der Waals surface area contributed by atoms with E-state index in [1.165, 1.54) is 5.56 Å². The maximum absolute atomic E-state index is 10.7. The molecule has 1 heterocycles. The third-order valence-corrected chi connectivity index (χ3v) is 3.65. The second-order valence-electron chi connectivity index (χ2n) is 5.05. The van der Waals surface area contributed by atoms with Crippen LogP contribution in [0.1, 0.15) is 28.4 Å². The highest BCUT2D eigenvalue weighted by Crippen LogP contribution is 2.30. The van der Waals surface area contributed by atoms with E-state index in [1.807, 2.05) is 44.3 Å². The van der Waals surface area contributed by atoms with E-state index in [-0.39, 0.29) is 0 Å². The average Bonchev–Trinajstić information content (AvgIpc) is 2.89. The number of H-pyrrole nitrogens is 1. The van der Waals surface area contributed by atoms with Crippen molar-refractivity contribution in [3.8, 4) is 0 Å². The van der Waals surface area contributed by atoms with E-state index in [1.54, 1.807) is 0 Å². The van der Waals surface area contributed by atoms with Crippen molar-refractivity contribution in [2.24, 2.45) is 0 Å². The SMILES string of the molecule is Cc1ccc(C)c(C(O)c2cccc3[nH]ccc23)c1. The van der Waals surface area contributed by atoms with Crippen LogP contribution in [0.4, 0.5) is 0 Å². The molecule has 0 saturated carbocycles. The fourth-order valence-electron chi connectivity index (χ4n) is 2.57. The Labute approximate surface area is 112 Å². The summed E-state index contributed by atoms with van der Waals surface area (Å²) in [5.74, 6) is 0. The molecular formula is C17H17NO. The molecule has 2 nitrogen and oxygen atoms in total. The van der Waals surface area contributed by atoms with Crippen molar-refractivity contribution >= 4 is 10.9 Å². The van der Waals surface area contributed by atoms with E-state index < -0.39 is 6.10 Å². The van der Waals surface area contributed by atoms with E-state index in [9.17, 15) is 5.11 Å². The van der Waals surface area contributed by atoms with E-state index in [0.717, 1.165) is 27.6 Å². The molecule has 2 N–H and O–H groups in total. The topological polar surface area (TPSA) is 36.0 Å². The van der Waals surface area contributed by atoms with Crippen molar-refractivity contribution in [2.75, 3.05) is 0 Å². The highest BCUT2D eigenvalue weighted by atomic mass is 16.3. The van der Waals surface area contributed by atoms with Gasteiger partial charge in [0, 0.05) is 17.1 Å². The largest absolute Gasteiger partial charge is 0.384 e. The summed E-state index contributed by atoms with van der Waals surface area (Å²) < 4.78 is 0. The fourth-order valence-corrected chi connectivity index (χ4v) is 2.57. The number of aryl methyl sites for hydroxylation is 2. The number of nitrogens with one attached hydrogen (secondary N) is 1. The van der Waals surface area contributed by atoms with Gasteiger partial charge < -0.3 is 10.1 Å². The highest BCUT2D eigenvalue weighted by Gasteiger charge is 2.15. The molecule has 0 amide bonds. The van der Waals surface area contributed by atoms with Crippen LogP contribution in [0, 0.1) is 13.8 Å². The molecule has 0 saturated heterocycles. The van der Waals surface area contributed by atoms with Gasteiger partial charge in [-0.2, -0.15) is 0 Å². The van der Waals surface area contributed by atoms with Crippen LogP contribution >= 0.6 is 0 Å². The zero-order valence-corrected chi connectivity index (χ0v) is 11.1. The van der Waals surface area contributed by atoms with Gasteiger partial charge in [-0.1, -0.05) is 35.9 Å². The molecule has 2 aromatic carbocycles. The monoisotopic (exact) mass is 251 g/mol. The standard InChI is InChI=1S/C17H17NO/c1-11-6-7-12(2)15(10-11)17(19)14-4-3-5-16-13(14)8-9-18-16/h3-10,17-19H,1-2H3. The van der Waals surface area contributed by atoms with E-state index in [0.29, 0.717) is 0 Å². The predicted molar refractivity (Wildman–Crippen MR) is 78.3 cm³/mol. The molecule has 0 aliphatic heterocycles. The maximum Gasteiger partial charge on any atom is 0.105 e. The summed E-state index contributed by atoms with van der Waals surface area (Å²) >= 11 is 0. The van der Waals surface area contributed by atoms with Gasteiger partial charge in [-0.15, -0.1) is 0 Å². The predicted octanol–water partition coefficient (Wildman–Crippen LogP) is 3.87. The van der Waals surface area contributed by atoms with Crippen molar-refractivity contribution in [3.05, 3.63) is 70.9 Å². The Balaban J connectivity index is 2.15. The van der Waals surface area contributed by atoms with Crippen LogP contribution < -0.4 is 0 Å². The highest BCUT2D eigenvalue weighted by molar-refractivity contribution is 5.83. The van der Waals surface area contributed by atoms with Crippen molar-refractivity contribution in [1.82, 2.24) is 4.98 Å². The second kappa shape index (κ2) is 4.56. The molecule has 3 aromatic rings. The normalized spacial score (nSPS) is 12.8. The Hall–Kier alpha value is -2.06. The maximum atomic E-state index is 10.7. The van der Waals surface area contributed by atoms with Gasteiger partial charge in [0.1, 0.15) is 6.10 Å². The first kappa shape index (κ1) is 12.0. The second-order valence-corrected chi connectivity index (χ2v) is 5.05. The first-order chi connectivity index (χ1) is 9.16. The van der Waals surface area contributed by atoms with Gasteiger partial charge in [0.25, 0.3) is 0 Å². The molecule has 1 atom stereocenters. The van der Waals surface area contributed by atoms with Gasteiger partial charge in [-0.25, -0.2) is 0 Å². The molecule has 0 fully saturated rings. The number of aromatic nitrogens is 1. The zero-order chi connectivity index (χ0) is 13.4. The van der Waals surface area contributed by atoms with Gasteiger partial charge in [-0.05, 0) is 42.7 Å². The molecule has 0 aliphatic carbocycles. The van der Waals surface area contributed by atoms with Gasteiger partial charge in [0.15, 0.2) is 0 Å². The minimum Gasteiger partial charge on any atom is -0.384 e. The number of hydrogen-bond acceptors (Lipinski definition) is 1. The molecule has 1 aromatic heterocycles. The molecule has 2 heteroatoms. The molecule has 0 spiro atoms. The van der Waals surface area contributed by atoms with Crippen LogP contribution in [0.5, 0.6) is 0 Å². The number of aromatic amines is 1. The Morgan fingerprint density at radius 3 is 2.68 bits per heavy atom. The Morgan fingerprint density at radius 1 is 1.00 bits per heavy atom. The average molecular weight is 251 g/mol. The summed E-state index contributed by atoms with van der Waals surface area (Å²) in [5, 5.41) is 11.8. The summed E-state index contributed by atoms with van der Waals surface area (Å²) in [7, 11) is 0. The lowest BCUT2D eigenvalue weighted by molar-refractivity contribution is 0.221. The molecule has 96 valence electrons. The molecule has 1 unspecified atom stereocenters. The van der Waals surface area contributed by atoms with E-state index in [2.05, 4.69) is 23.2 Å². The van der Waals surface area contributed by atoms with Crippen molar-refractivity contribution in [2.45, 2.75) is 20.0 Å². The van der Waals surface area contributed by atoms with Crippen molar-refractivity contribution in [3.63, 3.8) is 0 Å². The van der Waals surface area contributed by atoms with Crippen molar-refractivity contribution < 1.29 is 5.11 Å². The lowest BCUT2D eigenvalue weighted by Gasteiger charge is -2.16. The Kier molecular flexibility index (Phi) is 2.88. The summed E-state index contributed by atoms with van der Waals surface area (Å²) in [6.45, 7) is 4.09. The summed E-state index contributed by atoms with van der Waals surface area (Å²) in [6, 6.07) is 14.2. The number of benzene rings is 2. The van der Waals surface area contributed by atoms with Gasteiger partial charge in [0.2, 0.25) is 0 Å². The first-order valence-corrected chi connectivity index (χ1v) is 6.48. The van der Waals surface area contributed by atoms with Crippen LogP contribution in [-0.4, -0.2) is 10.1 Å². The van der Waals surface area contributed by atoms with Gasteiger partial charge in [0.05, 0.1) is 0 Å². The number of aliphatic hydroxyl groups is 1. The summed E-state index contributed by atoms with van der Waals surface area (Å²) in [4.78, 5) is 3.18. The third-order valence-electron chi connectivity index (χ3n) is 3.65. The summed E-state index contributed by atoms with van der Waals surface area (Å²) in [5.41, 5.74) is 5.27. The molecular weight excluding hydrogens is 234 g/mol. The molecule has 0 bridgehead atoms. The summed E-state index contributed by atoms with van der Waals surface area (Å²) in [6.07, 6.45) is 1.32. The van der Waals surface area contributed by atoms with Crippen LogP contribution in [0.15, 0.2) is 48.7 Å². The molecule has 3 rings (SSSR count). The minimum atomic E-state index is -0.584. The van der Waals surface area contributed by atoms with Gasteiger partial charge in [-0.3, -0.25) is 0 Å². The Bertz CT molecular complexity index is 727.